The van der Waals surface area contributed by atoms with Gasteiger partial charge in [0.05, 0.1) is 17.2 Å². The maximum Gasteiger partial charge on any atom is 0.434 e. The Labute approximate surface area is 187 Å². The minimum atomic E-state index is -4.59. The fourth-order valence-corrected chi connectivity index (χ4v) is 3.98. The molecule has 0 bridgehead atoms. The van der Waals surface area contributed by atoms with Gasteiger partial charge in [0.2, 0.25) is 5.95 Å². The first-order valence-corrected chi connectivity index (χ1v) is 10.3. The van der Waals surface area contributed by atoms with Gasteiger partial charge in [0.15, 0.2) is 10.8 Å². The number of amides is 1. The second kappa shape index (κ2) is 9.02. The molecule has 0 saturated heterocycles. The summed E-state index contributed by atoms with van der Waals surface area (Å²) >= 11 is 1.28. The number of carbonyl (C=O) groups is 1. The van der Waals surface area contributed by atoms with Gasteiger partial charge in [0.1, 0.15) is 6.09 Å². The van der Waals surface area contributed by atoms with Crippen LogP contribution < -0.4 is 15.7 Å². The molecule has 1 aromatic carbocycles. The minimum Gasteiger partial charge on any atom is -0.530 e. The van der Waals surface area contributed by atoms with Crippen LogP contribution in [0.5, 0.6) is 0 Å². The molecule has 0 aliphatic heterocycles. The van der Waals surface area contributed by atoms with Crippen LogP contribution in [0.15, 0.2) is 49.2 Å². The Balaban J connectivity index is 1.44. The number of pyridine rings is 1. The van der Waals surface area contributed by atoms with E-state index in [-0.39, 0.29) is 13.1 Å². The summed E-state index contributed by atoms with van der Waals surface area (Å²) in [4.78, 5) is 22.9. The van der Waals surface area contributed by atoms with Gasteiger partial charge in [-0.15, -0.1) is 0 Å². The zero-order valence-electron chi connectivity index (χ0n) is 16.6. The van der Waals surface area contributed by atoms with E-state index >= 15 is 0 Å². The summed E-state index contributed by atoms with van der Waals surface area (Å²) in [6, 6.07) is 5.97. The molecule has 4 rings (SSSR count). The lowest BCUT2D eigenvalue weighted by Gasteiger charge is -2.21. The molecule has 0 fully saturated rings. The van der Waals surface area contributed by atoms with Crippen LogP contribution in [-0.4, -0.2) is 38.2 Å². The van der Waals surface area contributed by atoms with E-state index in [1.807, 2.05) is 12.1 Å². The molecule has 3 aromatic heterocycles. The maximum absolute atomic E-state index is 13.4. The number of hydrogen-bond donors (Lipinski definition) is 2. The number of halogens is 4. The van der Waals surface area contributed by atoms with Gasteiger partial charge in [-0.2, -0.15) is 17.6 Å². The van der Waals surface area contributed by atoms with E-state index in [0.29, 0.717) is 10.5 Å². The second-order valence-electron chi connectivity index (χ2n) is 7.06. The van der Waals surface area contributed by atoms with Crippen LogP contribution >= 0.6 is 11.3 Å². The van der Waals surface area contributed by atoms with Crippen molar-refractivity contribution in [3.63, 3.8) is 0 Å². The monoisotopic (exact) mass is 479 g/mol. The summed E-state index contributed by atoms with van der Waals surface area (Å²) in [5.41, 5.74) is -0.264. The molecule has 4 aromatic rings. The Morgan fingerprint density at radius 3 is 2.70 bits per heavy atom. The van der Waals surface area contributed by atoms with Gasteiger partial charge in [0.25, 0.3) is 0 Å². The summed E-state index contributed by atoms with van der Waals surface area (Å²) in [7, 11) is 0. The van der Waals surface area contributed by atoms with Crippen molar-refractivity contribution < 1.29 is 27.5 Å². The van der Waals surface area contributed by atoms with Crippen molar-refractivity contribution in [3.05, 3.63) is 60.8 Å². The van der Waals surface area contributed by atoms with Crippen molar-refractivity contribution in [2.24, 2.45) is 0 Å². The molecule has 0 radical (unpaired) electrons. The molecule has 172 valence electrons. The van der Waals surface area contributed by atoms with E-state index < -0.39 is 30.0 Å². The molecular weight excluding hydrogens is 464 g/mol. The minimum absolute atomic E-state index is 0.0368. The van der Waals surface area contributed by atoms with Crippen molar-refractivity contribution >= 4 is 33.3 Å². The third kappa shape index (κ3) is 5.55. The number of aromatic nitrogens is 4. The number of benzene rings is 1. The van der Waals surface area contributed by atoms with Crippen LogP contribution in [-0.2, 0) is 12.7 Å². The molecule has 0 saturated carbocycles. The molecule has 2 N–H and O–H groups in total. The highest BCUT2D eigenvalue weighted by Gasteiger charge is 2.33. The number of carboxylic acid groups (broad SMARTS) is 1. The first kappa shape index (κ1) is 22.5. The van der Waals surface area contributed by atoms with E-state index in [2.05, 4.69) is 25.6 Å². The van der Waals surface area contributed by atoms with Gasteiger partial charge in [-0.25, -0.2) is 15.0 Å². The predicted octanol–water partition coefficient (Wildman–Crippen LogP) is 3.13. The number of nitrogens with zero attached hydrogens (tertiary/aromatic N) is 4. The summed E-state index contributed by atoms with van der Waals surface area (Å²) in [6.07, 6.45) is -1.33. The Hall–Kier alpha value is -3.74. The van der Waals surface area contributed by atoms with Gasteiger partial charge in [-0.05, 0) is 17.0 Å². The summed E-state index contributed by atoms with van der Waals surface area (Å²) < 4.78 is 52.7. The lowest BCUT2D eigenvalue weighted by molar-refractivity contribution is -0.251. The van der Waals surface area contributed by atoms with E-state index in [9.17, 15) is 27.5 Å². The first-order valence-electron chi connectivity index (χ1n) is 9.49. The SMILES string of the molecule is O=C([O-])N[C@H](CNc1ncc(-c2ccc3cnc(F)cc3c2)s1)Cn1cnc(C(F)(F)F)c1. The summed E-state index contributed by atoms with van der Waals surface area (Å²) in [6.45, 7) is -0.0678. The molecule has 33 heavy (non-hydrogen) atoms. The molecular formula is C20H15F4N6O2S-. The smallest absolute Gasteiger partial charge is 0.434 e. The average molecular weight is 479 g/mol. The highest BCUT2D eigenvalue weighted by atomic mass is 32.1. The van der Waals surface area contributed by atoms with Gasteiger partial charge in [0, 0.05) is 43.1 Å². The zero-order valence-corrected chi connectivity index (χ0v) is 17.5. The Morgan fingerprint density at radius 1 is 1.15 bits per heavy atom. The van der Waals surface area contributed by atoms with Crippen molar-refractivity contribution in [2.75, 3.05) is 11.9 Å². The number of fused-ring (bicyclic) bond motifs is 1. The number of carbonyl (C=O) groups excluding carboxylic acids is 1. The quantitative estimate of drug-likeness (QED) is 0.312. The van der Waals surface area contributed by atoms with Crippen molar-refractivity contribution in [2.45, 2.75) is 18.8 Å². The number of imidazole rings is 1. The second-order valence-corrected chi connectivity index (χ2v) is 8.09. The van der Waals surface area contributed by atoms with E-state index in [4.69, 9.17) is 0 Å². The molecule has 13 heteroatoms. The first-order chi connectivity index (χ1) is 15.7. The normalized spacial score (nSPS) is 12.6. The van der Waals surface area contributed by atoms with Gasteiger partial charge in [-0.1, -0.05) is 23.5 Å². The standard InChI is InChI=1S/C20H16F4N6O2S/c21-17-4-13-3-11(1-2-12(13)5-25-17)15-7-27-18(33-15)26-6-14(29-19(31)32)8-30-9-16(28-10-30)20(22,23)24/h1-5,7,9-10,14,29H,6,8H2,(H,26,27)(H,31,32)/p-1/t14-/m1/s1. The highest BCUT2D eigenvalue weighted by molar-refractivity contribution is 7.18. The summed E-state index contributed by atoms with van der Waals surface area (Å²) in [5.74, 6) is -0.585. The fraction of sp³-hybridized carbons (Fsp3) is 0.200. The Bertz CT molecular complexity index is 1290. The van der Waals surface area contributed by atoms with E-state index in [1.54, 1.807) is 12.3 Å². The van der Waals surface area contributed by atoms with Crippen molar-refractivity contribution in [1.29, 1.82) is 0 Å². The van der Waals surface area contributed by atoms with Crippen LogP contribution in [0.25, 0.3) is 21.2 Å². The predicted molar refractivity (Wildman–Crippen MR) is 111 cm³/mol. The average Bonchev–Trinajstić information content (AvgIpc) is 3.40. The van der Waals surface area contributed by atoms with Crippen LogP contribution in [0.1, 0.15) is 5.69 Å². The molecule has 3 heterocycles. The molecule has 0 spiro atoms. The van der Waals surface area contributed by atoms with Crippen LogP contribution in [0.2, 0.25) is 0 Å². The van der Waals surface area contributed by atoms with Gasteiger partial charge >= 0.3 is 6.18 Å². The molecule has 1 atom stereocenters. The van der Waals surface area contributed by atoms with Gasteiger partial charge in [-0.3, -0.25) is 0 Å². The maximum atomic E-state index is 13.4. The Morgan fingerprint density at radius 2 is 1.97 bits per heavy atom. The lowest BCUT2D eigenvalue weighted by Crippen LogP contribution is -2.48. The van der Waals surface area contributed by atoms with Crippen LogP contribution in [0, 0.1) is 5.95 Å². The van der Waals surface area contributed by atoms with E-state index in [0.717, 1.165) is 32.9 Å². The lowest BCUT2D eigenvalue weighted by atomic mass is 10.1. The van der Waals surface area contributed by atoms with Crippen LogP contribution in [0.4, 0.5) is 27.5 Å². The number of anilines is 1. The van der Waals surface area contributed by atoms with Crippen molar-refractivity contribution in [1.82, 2.24) is 24.8 Å². The third-order valence-electron chi connectivity index (χ3n) is 4.66. The molecule has 8 nitrogen and oxygen atoms in total. The van der Waals surface area contributed by atoms with Gasteiger partial charge < -0.3 is 25.1 Å². The zero-order chi connectivity index (χ0) is 23.6. The molecule has 1 amide bonds. The fourth-order valence-electron chi connectivity index (χ4n) is 3.16. The van der Waals surface area contributed by atoms with Crippen LogP contribution in [0.3, 0.4) is 0 Å². The molecule has 0 unspecified atom stereocenters. The topological polar surface area (TPSA) is 108 Å². The van der Waals surface area contributed by atoms with Crippen molar-refractivity contribution in [3.8, 4) is 10.4 Å². The molecule has 0 aliphatic carbocycles. The third-order valence-corrected chi connectivity index (χ3v) is 5.66. The number of rotatable bonds is 7. The number of hydrogen-bond acceptors (Lipinski definition) is 7. The Kier molecular flexibility index (Phi) is 6.14. The molecule has 0 aliphatic rings. The van der Waals surface area contributed by atoms with E-state index in [1.165, 1.54) is 23.6 Å². The highest BCUT2D eigenvalue weighted by Crippen LogP contribution is 2.31. The number of nitrogens with one attached hydrogen (secondary N) is 2. The summed E-state index contributed by atoms with van der Waals surface area (Å²) in [5, 5.41) is 18.1. The number of thiazole rings is 1. The largest absolute Gasteiger partial charge is 0.530 e. The number of alkyl halides is 3.